The molecule has 2 unspecified atom stereocenters. The van der Waals surface area contributed by atoms with Crippen molar-refractivity contribution in [1.82, 2.24) is 0 Å². The summed E-state index contributed by atoms with van der Waals surface area (Å²) >= 11 is 0. The maximum absolute atomic E-state index is 5.58. The maximum atomic E-state index is 5.58. The van der Waals surface area contributed by atoms with Crippen LogP contribution in [-0.2, 0) is 17.6 Å². The van der Waals surface area contributed by atoms with Crippen molar-refractivity contribution in [2.24, 2.45) is 10.2 Å². The van der Waals surface area contributed by atoms with Gasteiger partial charge in [-0.05, 0) is 31.4 Å². The first-order chi connectivity index (χ1) is 10.6. The molecule has 0 spiro atoms. The Bertz CT molecular complexity index is 583. The molecule has 0 bridgehead atoms. The lowest BCUT2D eigenvalue weighted by Gasteiger charge is -2.22. The Labute approximate surface area is 133 Å². The summed E-state index contributed by atoms with van der Waals surface area (Å²) in [5.41, 5.74) is 1.85. The van der Waals surface area contributed by atoms with Crippen LogP contribution in [0.15, 0.2) is 70.9 Å². The lowest BCUT2D eigenvalue weighted by Crippen LogP contribution is -2.27. The second kappa shape index (κ2) is 7.85. The van der Waals surface area contributed by atoms with Crippen LogP contribution in [0.3, 0.4) is 0 Å². The fraction of sp³-hybridized carbons (Fsp3) is 0.368. The molecule has 0 aliphatic carbocycles. The molecule has 3 heteroatoms. The van der Waals surface area contributed by atoms with Gasteiger partial charge in [0, 0.05) is 13.5 Å². The van der Waals surface area contributed by atoms with Crippen LogP contribution in [0.2, 0.25) is 0 Å². The number of azo groups is 1. The van der Waals surface area contributed by atoms with Crippen molar-refractivity contribution in [3.63, 3.8) is 0 Å². The number of nitrogens with zero attached hydrogens (tertiary/aromatic N) is 2. The van der Waals surface area contributed by atoms with E-state index in [2.05, 4.69) is 41.4 Å². The van der Waals surface area contributed by atoms with E-state index in [1.54, 1.807) is 7.11 Å². The van der Waals surface area contributed by atoms with Gasteiger partial charge >= 0.3 is 0 Å². The van der Waals surface area contributed by atoms with Crippen LogP contribution >= 0.6 is 0 Å². The largest absolute Gasteiger partial charge is 0.355 e. The van der Waals surface area contributed by atoms with Crippen LogP contribution in [0.5, 0.6) is 0 Å². The molecule has 22 heavy (non-hydrogen) atoms. The van der Waals surface area contributed by atoms with Gasteiger partial charge < -0.3 is 4.74 Å². The molecule has 0 saturated heterocycles. The molecule has 0 aromatic heterocycles. The van der Waals surface area contributed by atoms with Crippen molar-refractivity contribution in [3.8, 4) is 0 Å². The minimum Gasteiger partial charge on any atom is -0.355 e. The molecule has 0 aliphatic heterocycles. The Morgan fingerprint density at radius 3 is 2.05 bits per heavy atom. The lowest BCUT2D eigenvalue weighted by atomic mass is 10.0. The molecule has 2 atom stereocenters. The summed E-state index contributed by atoms with van der Waals surface area (Å²) in [5, 5.41) is 8.93. The first kappa shape index (κ1) is 16.4. The van der Waals surface area contributed by atoms with Gasteiger partial charge in [0.25, 0.3) is 0 Å². The van der Waals surface area contributed by atoms with Gasteiger partial charge in [0.1, 0.15) is 0 Å². The fourth-order valence-corrected chi connectivity index (χ4v) is 2.34. The molecule has 0 aliphatic rings. The normalized spacial score (nSPS) is 15.6. The van der Waals surface area contributed by atoms with E-state index in [-0.39, 0.29) is 6.04 Å². The van der Waals surface area contributed by atoms with E-state index in [9.17, 15) is 0 Å². The Hall–Kier alpha value is -2.00. The predicted octanol–water partition coefficient (Wildman–Crippen LogP) is 4.68. The smallest absolute Gasteiger partial charge is 0.179 e. The monoisotopic (exact) mass is 296 g/mol. The zero-order valence-electron chi connectivity index (χ0n) is 13.6. The van der Waals surface area contributed by atoms with E-state index < -0.39 is 5.72 Å². The SMILES string of the molecule is COC(C)(Cc1ccccc1)N=NC(C)Cc1ccccc1. The van der Waals surface area contributed by atoms with Gasteiger partial charge in [-0.3, -0.25) is 0 Å². The van der Waals surface area contributed by atoms with Gasteiger partial charge in [-0.15, -0.1) is 0 Å². The molecule has 0 radical (unpaired) electrons. The van der Waals surface area contributed by atoms with Crippen LogP contribution in [-0.4, -0.2) is 18.9 Å². The van der Waals surface area contributed by atoms with Crippen molar-refractivity contribution < 1.29 is 4.74 Å². The molecular weight excluding hydrogens is 272 g/mol. The lowest BCUT2D eigenvalue weighted by molar-refractivity contribution is 0.00674. The van der Waals surface area contributed by atoms with Crippen LogP contribution in [0.25, 0.3) is 0 Å². The molecule has 2 rings (SSSR count). The van der Waals surface area contributed by atoms with Crippen molar-refractivity contribution >= 4 is 0 Å². The quantitative estimate of drug-likeness (QED) is 0.683. The topological polar surface area (TPSA) is 34.0 Å². The third kappa shape index (κ3) is 5.08. The number of rotatable bonds is 7. The highest BCUT2D eigenvalue weighted by Crippen LogP contribution is 2.20. The third-order valence-electron chi connectivity index (χ3n) is 3.66. The molecular formula is C19H24N2O. The minimum atomic E-state index is -0.619. The number of methoxy groups -OCH3 is 1. The van der Waals surface area contributed by atoms with Gasteiger partial charge in [0.2, 0.25) is 0 Å². The van der Waals surface area contributed by atoms with Crippen molar-refractivity contribution in [3.05, 3.63) is 71.8 Å². The highest BCUT2D eigenvalue weighted by atomic mass is 16.5. The maximum Gasteiger partial charge on any atom is 0.179 e. The van der Waals surface area contributed by atoms with Gasteiger partial charge in [-0.2, -0.15) is 10.2 Å². The summed E-state index contributed by atoms with van der Waals surface area (Å²) in [6.07, 6.45) is 1.60. The average molecular weight is 296 g/mol. The van der Waals surface area contributed by atoms with Gasteiger partial charge in [-0.1, -0.05) is 60.7 Å². The molecule has 2 aromatic rings. The van der Waals surface area contributed by atoms with Gasteiger partial charge in [-0.25, -0.2) is 0 Å². The first-order valence-electron chi connectivity index (χ1n) is 7.66. The Morgan fingerprint density at radius 2 is 1.50 bits per heavy atom. The molecule has 0 heterocycles. The van der Waals surface area contributed by atoms with E-state index in [0.29, 0.717) is 6.42 Å². The van der Waals surface area contributed by atoms with E-state index >= 15 is 0 Å². The molecule has 0 saturated carbocycles. The summed E-state index contributed by atoms with van der Waals surface area (Å²) in [7, 11) is 1.68. The van der Waals surface area contributed by atoms with Crippen molar-refractivity contribution in [2.45, 2.75) is 38.5 Å². The third-order valence-corrected chi connectivity index (χ3v) is 3.66. The zero-order chi connectivity index (χ0) is 15.8. The minimum absolute atomic E-state index is 0.132. The Kier molecular flexibility index (Phi) is 5.84. The zero-order valence-corrected chi connectivity index (χ0v) is 13.6. The van der Waals surface area contributed by atoms with Crippen LogP contribution < -0.4 is 0 Å². The summed E-state index contributed by atoms with van der Waals surface area (Å²) in [6, 6.07) is 20.7. The van der Waals surface area contributed by atoms with Gasteiger partial charge in [0.15, 0.2) is 5.72 Å². The highest BCUT2D eigenvalue weighted by Gasteiger charge is 2.23. The van der Waals surface area contributed by atoms with Crippen molar-refractivity contribution in [1.29, 1.82) is 0 Å². The van der Waals surface area contributed by atoms with Crippen LogP contribution in [0.4, 0.5) is 0 Å². The summed E-state index contributed by atoms with van der Waals surface area (Å²) in [6.45, 7) is 4.05. The predicted molar refractivity (Wildman–Crippen MR) is 90.0 cm³/mol. The average Bonchev–Trinajstić information content (AvgIpc) is 2.55. The Morgan fingerprint density at radius 1 is 0.955 bits per heavy atom. The van der Waals surface area contributed by atoms with E-state index in [0.717, 1.165) is 6.42 Å². The van der Waals surface area contributed by atoms with Crippen LogP contribution in [0.1, 0.15) is 25.0 Å². The number of benzene rings is 2. The molecule has 0 amide bonds. The molecule has 2 aromatic carbocycles. The van der Waals surface area contributed by atoms with Crippen molar-refractivity contribution in [2.75, 3.05) is 7.11 Å². The number of ether oxygens (including phenoxy) is 1. The summed E-state index contributed by atoms with van der Waals surface area (Å²) < 4.78 is 5.58. The number of hydrogen-bond acceptors (Lipinski definition) is 3. The summed E-state index contributed by atoms with van der Waals surface area (Å²) in [5.74, 6) is 0. The Balaban J connectivity index is 1.98. The standard InChI is InChI=1S/C19H24N2O/c1-16(14-17-10-6-4-7-11-17)20-21-19(2,22-3)15-18-12-8-5-9-13-18/h4-13,16H,14-15H2,1-3H3. The molecule has 0 N–H and O–H groups in total. The first-order valence-corrected chi connectivity index (χ1v) is 7.66. The second-order valence-electron chi connectivity index (χ2n) is 5.80. The number of hydrogen-bond donors (Lipinski definition) is 0. The second-order valence-corrected chi connectivity index (χ2v) is 5.80. The molecule has 116 valence electrons. The van der Waals surface area contributed by atoms with E-state index in [4.69, 9.17) is 4.74 Å². The van der Waals surface area contributed by atoms with Crippen LogP contribution in [0, 0.1) is 0 Å². The molecule has 0 fully saturated rings. The van der Waals surface area contributed by atoms with E-state index in [1.807, 2.05) is 43.3 Å². The highest BCUT2D eigenvalue weighted by molar-refractivity contribution is 5.17. The fourth-order valence-electron chi connectivity index (χ4n) is 2.34. The van der Waals surface area contributed by atoms with Gasteiger partial charge in [0.05, 0.1) is 6.04 Å². The molecule has 3 nitrogen and oxygen atoms in total. The van der Waals surface area contributed by atoms with E-state index in [1.165, 1.54) is 11.1 Å². The summed E-state index contributed by atoms with van der Waals surface area (Å²) in [4.78, 5) is 0.